The molecule has 1 N–H and O–H groups in total. The molecule has 8 heteroatoms. The second-order valence-electron chi connectivity index (χ2n) is 5.11. The van der Waals surface area contributed by atoms with Gasteiger partial charge in [-0.1, -0.05) is 0 Å². The van der Waals surface area contributed by atoms with Crippen LogP contribution >= 0.6 is 0 Å². The average Bonchev–Trinajstić information content (AvgIpc) is 2.42. The van der Waals surface area contributed by atoms with E-state index >= 15 is 0 Å². The zero-order valence-corrected chi connectivity index (χ0v) is 12.4. The van der Waals surface area contributed by atoms with Crippen LogP contribution in [0.3, 0.4) is 0 Å². The van der Waals surface area contributed by atoms with Crippen molar-refractivity contribution >= 4 is 16.9 Å². The number of fused-ring (bicyclic) bond motifs is 1. The highest BCUT2D eigenvalue weighted by atomic mass is 19.4. The average molecular weight is 329 g/mol. The van der Waals surface area contributed by atoms with E-state index < -0.39 is 29.8 Å². The van der Waals surface area contributed by atoms with Crippen LogP contribution in [0.15, 0.2) is 33.5 Å². The van der Waals surface area contributed by atoms with Crippen molar-refractivity contribution in [2.75, 3.05) is 6.54 Å². The van der Waals surface area contributed by atoms with E-state index in [1.54, 1.807) is 17.4 Å². The molecule has 0 radical (unpaired) electrons. The third-order valence-corrected chi connectivity index (χ3v) is 2.77. The molecule has 0 aliphatic heterocycles. The molecule has 1 aromatic carbocycles. The summed E-state index contributed by atoms with van der Waals surface area (Å²) in [5.41, 5.74) is -1.32. The van der Waals surface area contributed by atoms with Gasteiger partial charge in [0.25, 0.3) is 5.91 Å². The van der Waals surface area contributed by atoms with E-state index in [1.807, 2.05) is 13.8 Å². The first-order valence-electron chi connectivity index (χ1n) is 6.75. The summed E-state index contributed by atoms with van der Waals surface area (Å²) >= 11 is 0. The topological polar surface area (TPSA) is 68.5 Å². The number of carbonyl (C=O) groups is 1. The van der Waals surface area contributed by atoms with Crippen molar-refractivity contribution in [3.05, 3.63) is 40.2 Å². The molecule has 2 rings (SSSR count). The van der Waals surface area contributed by atoms with E-state index in [9.17, 15) is 22.8 Å². The molecule has 0 bridgehead atoms. The Bertz CT molecular complexity index is 780. The quantitative estimate of drug-likeness (QED) is 0.876. The Labute approximate surface area is 129 Å². The molecule has 23 heavy (non-hydrogen) atoms. The summed E-state index contributed by atoms with van der Waals surface area (Å²) in [6.45, 7) is 2.13. The van der Waals surface area contributed by atoms with Crippen LogP contribution in [0, 0.1) is 0 Å². The zero-order chi connectivity index (χ0) is 17.2. The first kappa shape index (κ1) is 16.9. The van der Waals surface area contributed by atoms with Crippen molar-refractivity contribution in [2.45, 2.75) is 26.1 Å². The van der Waals surface area contributed by atoms with Gasteiger partial charge in [-0.3, -0.25) is 4.79 Å². The Hall–Kier alpha value is -2.51. The fourth-order valence-electron chi connectivity index (χ4n) is 1.87. The molecule has 1 heterocycles. The lowest BCUT2D eigenvalue weighted by atomic mass is 10.1. The largest absolute Gasteiger partial charge is 0.491 e. The van der Waals surface area contributed by atoms with Gasteiger partial charge in [0.15, 0.2) is 0 Å². The summed E-state index contributed by atoms with van der Waals surface area (Å²) in [5.74, 6) is -0.662. The number of alkyl halides is 3. The molecule has 0 unspecified atom stereocenters. The number of carbonyl (C=O) groups excluding carboxylic acids is 1. The first-order valence-corrected chi connectivity index (χ1v) is 6.75. The summed E-state index contributed by atoms with van der Waals surface area (Å²) in [4.78, 5) is 23.5. The fraction of sp³-hybridized carbons (Fsp3) is 0.333. The molecule has 1 aromatic heterocycles. The maximum absolute atomic E-state index is 12.1. The first-order chi connectivity index (χ1) is 10.7. The fourth-order valence-corrected chi connectivity index (χ4v) is 1.87. The molecule has 0 saturated carbocycles. The standard InChI is InChI=1S/C15H14F3NO4/c1-8(2)22-10-4-3-9-5-11(14(21)23-12(9)6-10)13(20)19-7-15(16,17)18/h3-6,8H,7H2,1-2H3,(H,19,20). The lowest BCUT2D eigenvalue weighted by molar-refractivity contribution is -0.123. The van der Waals surface area contributed by atoms with Crippen molar-refractivity contribution in [1.29, 1.82) is 0 Å². The molecule has 2 aromatic rings. The Morgan fingerprint density at radius 2 is 2.00 bits per heavy atom. The van der Waals surface area contributed by atoms with Crippen LogP contribution in [0.1, 0.15) is 24.2 Å². The van der Waals surface area contributed by atoms with Gasteiger partial charge in [-0.15, -0.1) is 0 Å². The molecule has 0 aliphatic rings. The van der Waals surface area contributed by atoms with E-state index in [0.717, 1.165) is 0 Å². The van der Waals surface area contributed by atoms with E-state index in [0.29, 0.717) is 11.1 Å². The predicted molar refractivity (Wildman–Crippen MR) is 76.6 cm³/mol. The van der Waals surface area contributed by atoms with Crippen molar-refractivity contribution in [3.63, 3.8) is 0 Å². The summed E-state index contributed by atoms with van der Waals surface area (Å²) in [7, 11) is 0. The highest BCUT2D eigenvalue weighted by molar-refractivity contribution is 5.96. The Morgan fingerprint density at radius 3 is 2.61 bits per heavy atom. The Morgan fingerprint density at radius 1 is 1.30 bits per heavy atom. The third-order valence-electron chi connectivity index (χ3n) is 2.77. The van der Waals surface area contributed by atoms with E-state index in [1.165, 1.54) is 12.1 Å². The molecule has 5 nitrogen and oxygen atoms in total. The van der Waals surface area contributed by atoms with Crippen LogP contribution in [0.25, 0.3) is 11.0 Å². The molecular weight excluding hydrogens is 315 g/mol. The van der Waals surface area contributed by atoms with Gasteiger partial charge < -0.3 is 14.5 Å². The zero-order valence-electron chi connectivity index (χ0n) is 12.4. The van der Waals surface area contributed by atoms with E-state index in [-0.39, 0.29) is 11.7 Å². The number of nitrogens with one attached hydrogen (secondary N) is 1. The number of hydrogen-bond donors (Lipinski definition) is 1. The molecule has 1 amide bonds. The van der Waals surface area contributed by atoms with E-state index in [4.69, 9.17) is 9.15 Å². The molecule has 0 saturated heterocycles. The number of ether oxygens (including phenoxy) is 1. The van der Waals surface area contributed by atoms with Gasteiger partial charge in [0.2, 0.25) is 0 Å². The van der Waals surface area contributed by atoms with Gasteiger partial charge >= 0.3 is 11.8 Å². The number of benzene rings is 1. The molecule has 0 atom stereocenters. The van der Waals surface area contributed by atoms with Gasteiger partial charge in [0.05, 0.1) is 6.10 Å². The van der Waals surface area contributed by atoms with Crippen LogP contribution in [-0.4, -0.2) is 24.7 Å². The number of amides is 1. The predicted octanol–water partition coefficient (Wildman–Crippen LogP) is 2.87. The summed E-state index contributed by atoms with van der Waals surface area (Å²) < 4.78 is 46.8. The van der Waals surface area contributed by atoms with Gasteiger partial charge in [-0.05, 0) is 32.0 Å². The van der Waals surface area contributed by atoms with Crippen molar-refractivity contribution in [3.8, 4) is 5.75 Å². The SMILES string of the molecule is CC(C)Oc1ccc2cc(C(=O)NCC(F)(F)F)c(=O)oc2c1. The second kappa shape index (κ2) is 6.31. The number of hydrogen-bond acceptors (Lipinski definition) is 4. The number of rotatable bonds is 4. The van der Waals surface area contributed by atoms with Gasteiger partial charge in [-0.2, -0.15) is 13.2 Å². The number of halogens is 3. The summed E-state index contributed by atoms with van der Waals surface area (Å²) in [5, 5.41) is 2.03. The van der Waals surface area contributed by atoms with Crippen molar-refractivity contribution in [1.82, 2.24) is 5.32 Å². The van der Waals surface area contributed by atoms with Gasteiger partial charge in [0, 0.05) is 11.5 Å². The lowest BCUT2D eigenvalue weighted by Gasteiger charge is -2.10. The maximum Gasteiger partial charge on any atom is 0.405 e. The molecule has 0 fully saturated rings. The lowest BCUT2D eigenvalue weighted by Crippen LogP contribution is -2.35. The maximum atomic E-state index is 12.1. The molecule has 0 aliphatic carbocycles. The highest BCUT2D eigenvalue weighted by Crippen LogP contribution is 2.21. The highest BCUT2D eigenvalue weighted by Gasteiger charge is 2.28. The summed E-state index contributed by atoms with van der Waals surface area (Å²) in [6, 6.07) is 5.83. The Kier molecular flexibility index (Phi) is 4.63. The second-order valence-corrected chi connectivity index (χ2v) is 5.11. The third kappa shape index (κ3) is 4.48. The minimum Gasteiger partial charge on any atom is -0.491 e. The van der Waals surface area contributed by atoms with Crippen LogP contribution in [-0.2, 0) is 0 Å². The minimum absolute atomic E-state index is 0.0772. The van der Waals surface area contributed by atoms with Gasteiger partial charge in [0.1, 0.15) is 23.4 Å². The monoisotopic (exact) mass is 329 g/mol. The van der Waals surface area contributed by atoms with Gasteiger partial charge in [-0.25, -0.2) is 4.79 Å². The van der Waals surface area contributed by atoms with Crippen LogP contribution in [0.5, 0.6) is 5.75 Å². The smallest absolute Gasteiger partial charge is 0.405 e. The molecule has 124 valence electrons. The normalized spacial score (nSPS) is 11.7. The molecule has 0 spiro atoms. The van der Waals surface area contributed by atoms with Crippen LogP contribution in [0.4, 0.5) is 13.2 Å². The minimum atomic E-state index is -4.56. The summed E-state index contributed by atoms with van der Waals surface area (Å²) in [6.07, 6.45) is -4.64. The van der Waals surface area contributed by atoms with Crippen LogP contribution in [0.2, 0.25) is 0 Å². The van der Waals surface area contributed by atoms with Crippen LogP contribution < -0.4 is 15.7 Å². The van der Waals surface area contributed by atoms with Crippen molar-refractivity contribution < 1.29 is 27.1 Å². The molecular formula is C15H14F3NO4. The Balaban J connectivity index is 2.31. The van der Waals surface area contributed by atoms with E-state index in [2.05, 4.69) is 0 Å². The van der Waals surface area contributed by atoms with Crippen molar-refractivity contribution in [2.24, 2.45) is 0 Å².